The lowest BCUT2D eigenvalue weighted by molar-refractivity contribution is -0.0990. The molecule has 0 radical (unpaired) electrons. The molecule has 0 unspecified atom stereocenters. The van der Waals surface area contributed by atoms with Crippen LogP contribution >= 0.6 is 0 Å². The van der Waals surface area contributed by atoms with Crippen molar-refractivity contribution in [3.63, 3.8) is 0 Å². The van der Waals surface area contributed by atoms with Crippen LogP contribution in [0.5, 0.6) is 0 Å². The van der Waals surface area contributed by atoms with Crippen LogP contribution in [0.4, 0.5) is 0 Å². The number of hydrogen-bond donors (Lipinski definition) is 0. The molecule has 0 bridgehead atoms. The molecule has 1 nitrogen and oxygen atoms in total. The smallest absolute Gasteiger partial charge is 0.0545 e. The molecule has 0 N–H and O–H groups in total. The Morgan fingerprint density at radius 1 is 1.50 bits per heavy atom. The van der Waals surface area contributed by atoms with E-state index in [1.165, 1.54) is 12.0 Å². The summed E-state index contributed by atoms with van der Waals surface area (Å²) in [7, 11) is 0. The van der Waals surface area contributed by atoms with Gasteiger partial charge in [0, 0.05) is 5.41 Å². The Labute approximate surface area is 75.8 Å². The normalized spacial score (nSPS) is 22.6. The molecule has 12 heavy (non-hydrogen) atoms. The zero-order chi connectivity index (χ0) is 9.19. The highest BCUT2D eigenvalue weighted by molar-refractivity contribution is 5.03. The fourth-order valence-electron chi connectivity index (χ4n) is 1.21. The Hall–Kier alpha value is -0.300. The van der Waals surface area contributed by atoms with Crippen molar-refractivity contribution >= 4 is 0 Å². The lowest BCUT2D eigenvalue weighted by Crippen LogP contribution is -2.39. The van der Waals surface area contributed by atoms with Gasteiger partial charge < -0.3 is 4.74 Å². The van der Waals surface area contributed by atoms with Crippen molar-refractivity contribution in [2.45, 2.75) is 34.1 Å². The second-order valence-electron chi connectivity index (χ2n) is 4.61. The molecular formula is C11H20O. The van der Waals surface area contributed by atoms with Crippen molar-refractivity contribution < 1.29 is 4.74 Å². The van der Waals surface area contributed by atoms with Crippen LogP contribution in [-0.4, -0.2) is 13.2 Å². The van der Waals surface area contributed by atoms with E-state index in [4.69, 9.17) is 4.74 Å². The van der Waals surface area contributed by atoms with Crippen molar-refractivity contribution in [3.8, 4) is 0 Å². The first-order valence-corrected chi connectivity index (χ1v) is 4.78. The van der Waals surface area contributed by atoms with Gasteiger partial charge in [-0.05, 0) is 19.3 Å². The molecule has 1 aliphatic heterocycles. The third-order valence-electron chi connectivity index (χ3n) is 2.73. The Bertz CT molecular complexity index is 175. The lowest BCUT2D eigenvalue weighted by atomic mass is 9.84. The van der Waals surface area contributed by atoms with Crippen LogP contribution in [0.3, 0.4) is 0 Å². The highest BCUT2D eigenvalue weighted by Crippen LogP contribution is 2.31. The molecule has 1 heteroatoms. The van der Waals surface area contributed by atoms with Crippen molar-refractivity contribution in [2.75, 3.05) is 13.2 Å². The summed E-state index contributed by atoms with van der Waals surface area (Å²) in [6.45, 7) is 10.9. The number of allylic oxidation sites excluding steroid dienone is 2. The van der Waals surface area contributed by atoms with Crippen LogP contribution < -0.4 is 0 Å². The molecule has 0 aromatic carbocycles. The molecule has 1 aliphatic rings. The van der Waals surface area contributed by atoms with Crippen LogP contribution in [0.1, 0.15) is 34.1 Å². The largest absolute Gasteiger partial charge is 0.380 e. The minimum Gasteiger partial charge on any atom is -0.380 e. The van der Waals surface area contributed by atoms with Gasteiger partial charge in [0.15, 0.2) is 0 Å². The second-order valence-corrected chi connectivity index (χ2v) is 4.61. The monoisotopic (exact) mass is 168 g/mol. The van der Waals surface area contributed by atoms with E-state index in [-0.39, 0.29) is 0 Å². The second kappa shape index (κ2) is 3.61. The first kappa shape index (κ1) is 9.79. The first-order valence-electron chi connectivity index (χ1n) is 4.78. The Balaban J connectivity index is 2.37. The molecule has 1 heterocycles. The summed E-state index contributed by atoms with van der Waals surface area (Å²) in [4.78, 5) is 0. The van der Waals surface area contributed by atoms with Gasteiger partial charge >= 0.3 is 0 Å². The highest BCUT2D eigenvalue weighted by Gasteiger charge is 2.31. The van der Waals surface area contributed by atoms with Gasteiger partial charge in [-0.2, -0.15) is 0 Å². The van der Waals surface area contributed by atoms with E-state index in [1.807, 2.05) is 0 Å². The van der Waals surface area contributed by atoms with Gasteiger partial charge in [0.25, 0.3) is 0 Å². The molecule has 0 aromatic rings. The molecule has 0 aliphatic carbocycles. The zero-order valence-corrected chi connectivity index (χ0v) is 8.68. The van der Waals surface area contributed by atoms with Gasteiger partial charge in [0.1, 0.15) is 0 Å². The summed E-state index contributed by atoms with van der Waals surface area (Å²) < 4.78 is 5.20. The summed E-state index contributed by atoms with van der Waals surface area (Å²) in [5, 5.41) is 0. The van der Waals surface area contributed by atoms with Crippen LogP contribution in [0, 0.1) is 11.3 Å². The molecule has 0 amide bonds. The molecular weight excluding hydrogens is 148 g/mol. The van der Waals surface area contributed by atoms with E-state index in [2.05, 4.69) is 33.8 Å². The van der Waals surface area contributed by atoms with Crippen LogP contribution in [0.2, 0.25) is 0 Å². The van der Waals surface area contributed by atoms with Crippen LogP contribution in [0.25, 0.3) is 0 Å². The molecule has 1 rings (SSSR count). The predicted molar refractivity (Wildman–Crippen MR) is 52.1 cm³/mol. The summed E-state index contributed by atoms with van der Waals surface area (Å²) in [6, 6.07) is 0. The van der Waals surface area contributed by atoms with E-state index in [0.29, 0.717) is 11.3 Å². The summed E-state index contributed by atoms with van der Waals surface area (Å²) in [5.74, 6) is 0.689. The van der Waals surface area contributed by atoms with Gasteiger partial charge in [-0.25, -0.2) is 0 Å². The van der Waals surface area contributed by atoms with E-state index >= 15 is 0 Å². The third-order valence-corrected chi connectivity index (χ3v) is 2.73. The van der Waals surface area contributed by atoms with Crippen molar-refractivity contribution in [2.24, 2.45) is 11.3 Å². The third kappa shape index (κ3) is 2.34. The number of ether oxygens (including phenoxy) is 1. The maximum Gasteiger partial charge on any atom is 0.0545 e. The van der Waals surface area contributed by atoms with Gasteiger partial charge in [-0.15, -0.1) is 0 Å². The Kier molecular flexibility index (Phi) is 2.94. The minimum absolute atomic E-state index is 0.441. The number of hydrogen-bond acceptors (Lipinski definition) is 1. The van der Waals surface area contributed by atoms with E-state index < -0.39 is 0 Å². The van der Waals surface area contributed by atoms with Gasteiger partial charge in [0.2, 0.25) is 0 Å². The SMILES string of the molecule is C/C(=C\CC1(C)COC1)C(C)C. The average Bonchev–Trinajstić information content (AvgIpc) is 1.96. The molecule has 1 fully saturated rings. The standard InChI is InChI=1S/C11H20O/c1-9(2)10(3)5-6-11(4)7-12-8-11/h5,9H,6-8H2,1-4H3/b10-5+. The van der Waals surface area contributed by atoms with E-state index in [0.717, 1.165) is 13.2 Å². The number of rotatable bonds is 3. The highest BCUT2D eigenvalue weighted by atomic mass is 16.5. The Morgan fingerprint density at radius 2 is 2.08 bits per heavy atom. The molecule has 1 saturated heterocycles. The molecule has 0 spiro atoms. The van der Waals surface area contributed by atoms with E-state index in [1.54, 1.807) is 0 Å². The fraction of sp³-hybridized carbons (Fsp3) is 0.818. The van der Waals surface area contributed by atoms with Gasteiger partial charge in [0.05, 0.1) is 13.2 Å². The van der Waals surface area contributed by atoms with Crippen molar-refractivity contribution in [1.82, 2.24) is 0 Å². The molecule has 0 saturated carbocycles. The quantitative estimate of drug-likeness (QED) is 0.589. The van der Waals surface area contributed by atoms with Crippen molar-refractivity contribution in [1.29, 1.82) is 0 Å². The van der Waals surface area contributed by atoms with E-state index in [9.17, 15) is 0 Å². The zero-order valence-electron chi connectivity index (χ0n) is 8.68. The maximum atomic E-state index is 5.20. The topological polar surface area (TPSA) is 9.23 Å². The Morgan fingerprint density at radius 3 is 2.42 bits per heavy atom. The lowest BCUT2D eigenvalue weighted by Gasteiger charge is -2.37. The molecule has 70 valence electrons. The van der Waals surface area contributed by atoms with Crippen LogP contribution in [-0.2, 0) is 4.74 Å². The summed E-state index contributed by atoms with van der Waals surface area (Å²) >= 11 is 0. The maximum absolute atomic E-state index is 5.20. The van der Waals surface area contributed by atoms with Crippen LogP contribution in [0.15, 0.2) is 11.6 Å². The molecule has 0 aromatic heterocycles. The van der Waals surface area contributed by atoms with Crippen molar-refractivity contribution in [3.05, 3.63) is 11.6 Å². The fourth-order valence-corrected chi connectivity index (χ4v) is 1.21. The van der Waals surface area contributed by atoms with Gasteiger partial charge in [-0.3, -0.25) is 0 Å². The summed E-state index contributed by atoms with van der Waals surface area (Å²) in [5.41, 5.74) is 1.94. The summed E-state index contributed by atoms with van der Waals surface area (Å²) in [6.07, 6.45) is 3.55. The predicted octanol–water partition coefficient (Wildman–Crippen LogP) is 3.02. The van der Waals surface area contributed by atoms with Gasteiger partial charge in [-0.1, -0.05) is 32.4 Å². The average molecular weight is 168 g/mol. The first-order chi connectivity index (χ1) is 5.53. The molecule has 0 atom stereocenters. The minimum atomic E-state index is 0.441.